The number of nitrogens with zero attached hydrogens (tertiary/aromatic N) is 1. The highest BCUT2D eigenvalue weighted by atomic mass is 35.5. The van der Waals surface area contributed by atoms with E-state index in [0.29, 0.717) is 17.0 Å². The van der Waals surface area contributed by atoms with Gasteiger partial charge in [0.1, 0.15) is 11.8 Å². The van der Waals surface area contributed by atoms with Crippen molar-refractivity contribution in [3.05, 3.63) is 59.1 Å². The van der Waals surface area contributed by atoms with Crippen LogP contribution in [0.3, 0.4) is 0 Å². The number of hydrazone groups is 1. The van der Waals surface area contributed by atoms with Crippen LogP contribution in [0.5, 0.6) is 5.75 Å². The van der Waals surface area contributed by atoms with Crippen LogP contribution >= 0.6 is 11.6 Å². The number of benzene rings is 2. The first-order valence-electron chi connectivity index (χ1n) is 7.23. The summed E-state index contributed by atoms with van der Waals surface area (Å²) in [6.07, 6.45) is 1.97. The third kappa shape index (κ3) is 5.00. The van der Waals surface area contributed by atoms with Crippen LogP contribution in [0.15, 0.2) is 53.6 Å². The fourth-order valence-corrected chi connectivity index (χ4v) is 2.14. The molecule has 2 aromatic rings. The maximum atomic E-state index is 12.1. The third-order valence-electron chi connectivity index (χ3n) is 3.21. The van der Waals surface area contributed by atoms with Crippen molar-refractivity contribution < 1.29 is 9.90 Å². The van der Waals surface area contributed by atoms with Gasteiger partial charge in [-0.25, -0.2) is 5.43 Å². The first-order chi connectivity index (χ1) is 11.1. The Morgan fingerprint density at radius 2 is 2.04 bits per heavy atom. The molecule has 0 aliphatic rings. The molecule has 1 atom stereocenters. The molecule has 0 aromatic heterocycles. The molecule has 120 valence electrons. The molecule has 0 bridgehead atoms. The fraction of sp³-hybridized carbons (Fsp3) is 0.176. The van der Waals surface area contributed by atoms with E-state index in [0.717, 1.165) is 5.69 Å². The summed E-state index contributed by atoms with van der Waals surface area (Å²) in [4.78, 5) is 12.1. The van der Waals surface area contributed by atoms with E-state index in [-0.39, 0.29) is 11.7 Å². The quantitative estimate of drug-likeness (QED) is 0.561. The van der Waals surface area contributed by atoms with Crippen molar-refractivity contribution in [2.75, 3.05) is 5.32 Å². The number of rotatable bonds is 6. The van der Waals surface area contributed by atoms with Crippen molar-refractivity contribution in [3.8, 4) is 5.75 Å². The van der Waals surface area contributed by atoms with E-state index in [1.165, 1.54) is 12.3 Å². The molecule has 0 fully saturated rings. The molecule has 2 rings (SSSR count). The summed E-state index contributed by atoms with van der Waals surface area (Å²) >= 11 is 5.85. The maximum absolute atomic E-state index is 12.1. The normalized spacial score (nSPS) is 12.1. The molecule has 0 aliphatic heterocycles. The van der Waals surface area contributed by atoms with Crippen molar-refractivity contribution >= 4 is 29.4 Å². The molecule has 3 N–H and O–H groups in total. The first-order valence-corrected chi connectivity index (χ1v) is 7.61. The Hall–Kier alpha value is -2.53. The minimum Gasteiger partial charge on any atom is -0.507 e. The Morgan fingerprint density at radius 1 is 1.30 bits per heavy atom. The molecule has 0 saturated heterocycles. The summed E-state index contributed by atoms with van der Waals surface area (Å²) in [5, 5.41) is 17.2. The highest BCUT2D eigenvalue weighted by Crippen LogP contribution is 2.19. The van der Waals surface area contributed by atoms with Gasteiger partial charge in [-0.2, -0.15) is 5.10 Å². The number of para-hydroxylation sites is 1. The van der Waals surface area contributed by atoms with Crippen LogP contribution in [0.1, 0.15) is 18.9 Å². The first kappa shape index (κ1) is 16.8. The summed E-state index contributed by atoms with van der Waals surface area (Å²) in [6.45, 7) is 1.91. The van der Waals surface area contributed by atoms with Crippen LogP contribution in [0.2, 0.25) is 5.02 Å². The zero-order chi connectivity index (χ0) is 16.7. The number of anilines is 1. The summed E-state index contributed by atoms with van der Waals surface area (Å²) in [5.41, 5.74) is 3.76. The molecule has 0 heterocycles. The summed E-state index contributed by atoms with van der Waals surface area (Å²) in [6, 6.07) is 13.7. The monoisotopic (exact) mass is 331 g/mol. The number of aromatic hydroxyl groups is 1. The Bertz CT molecular complexity index is 689. The van der Waals surface area contributed by atoms with Crippen LogP contribution in [-0.2, 0) is 4.79 Å². The lowest BCUT2D eigenvalue weighted by molar-refractivity contribution is -0.121. The second kappa shape index (κ2) is 8.19. The van der Waals surface area contributed by atoms with Crippen LogP contribution < -0.4 is 10.7 Å². The van der Waals surface area contributed by atoms with E-state index in [1.807, 2.05) is 37.3 Å². The number of phenolic OH excluding ortho intramolecular Hbond substituents is 1. The van der Waals surface area contributed by atoms with Crippen LogP contribution in [0, 0.1) is 0 Å². The van der Waals surface area contributed by atoms with Gasteiger partial charge in [0.15, 0.2) is 0 Å². The second-order valence-corrected chi connectivity index (χ2v) is 5.35. The average Bonchev–Trinajstić information content (AvgIpc) is 2.56. The van der Waals surface area contributed by atoms with Gasteiger partial charge in [0, 0.05) is 16.3 Å². The van der Waals surface area contributed by atoms with Crippen LogP contribution in [-0.4, -0.2) is 23.3 Å². The minimum absolute atomic E-state index is 0.0434. The topological polar surface area (TPSA) is 73.7 Å². The number of carbonyl (C=O) groups excluding carboxylic acids is 1. The van der Waals surface area contributed by atoms with Crippen molar-refractivity contribution in [2.45, 2.75) is 19.4 Å². The van der Waals surface area contributed by atoms with Crippen molar-refractivity contribution in [3.63, 3.8) is 0 Å². The van der Waals surface area contributed by atoms with Gasteiger partial charge < -0.3 is 10.4 Å². The molecule has 0 aliphatic carbocycles. The standard InChI is InChI=1S/C17H18ClN3O2/c1-2-15(20-14-6-4-3-5-7-14)17(23)21-19-11-12-10-13(18)8-9-16(12)22/h3-11,15,20,22H,2H2,1H3,(H,21,23). The maximum Gasteiger partial charge on any atom is 0.262 e. The van der Waals surface area contributed by atoms with Gasteiger partial charge in [0.2, 0.25) is 0 Å². The lowest BCUT2D eigenvalue weighted by Gasteiger charge is -2.16. The van der Waals surface area contributed by atoms with E-state index in [1.54, 1.807) is 12.1 Å². The van der Waals surface area contributed by atoms with Gasteiger partial charge in [-0.05, 0) is 36.8 Å². The summed E-state index contributed by atoms with van der Waals surface area (Å²) in [7, 11) is 0. The fourth-order valence-electron chi connectivity index (χ4n) is 1.96. The van der Waals surface area contributed by atoms with Gasteiger partial charge in [-0.1, -0.05) is 36.7 Å². The number of nitrogens with one attached hydrogen (secondary N) is 2. The molecule has 23 heavy (non-hydrogen) atoms. The highest BCUT2D eigenvalue weighted by Gasteiger charge is 2.15. The molecule has 0 saturated carbocycles. The highest BCUT2D eigenvalue weighted by molar-refractivity contribution is 6.30. The largest absolute Gasteiger partial charge is 0.507 e. The average molecular weight is 332 g/mol. The molecule has 0 radical (unpaired) electrons. The van der Waals surface area contributed by atoms with Crippen molar-refractivity contribution in [2.24, 2.45) is 5.10 Å². The smallest absolute Gasteiger partial charge is 0.262 e. The SMILES string of the molecule is CCC(Nc1ccccc1)C(=O)NN=Cc1cc(Cl)ccc1O. The third-order valence-corrected chi connectivity index (χ3v) is 3.44. The molecular weight excluding hydrogens is 314 g/mol. The van der Waals surface area contributed by atoms with E-state index in [9.17, 15) is 9.90 Å². The number of halogens is 1. The predicted molar refractivity (Wildman–Crippen MR) is 93.0 cm³/mol. The Kier molecular flexibility index (Phi) is 6.00. The van der Waals surface area contributed by atoms with Crippen molar-refractivity contribution in [1.82, 2.24) is 5.43 Å². The van der Waals surface area contributed by atoms with E-state index in [2.05, 4.69) is 15.8 Å². The predicted octanol–water partition coefficient (Wildman–Crippen LogP) is 3.39. The van der Waals surface area contributed by atoms with Crippen LogP contribution in [0.4, 0.5) is 5.69 Å². The minimum atomic E-state index is -0.400. The van der Waals surface area contributed by atoms with E-state index >= 15 is 0 Å². The Labute approximate surface area is 140 Å². The molecular formula is C17H18ClN3O2. The number of hydrogen-bond donors (Lipinski definition) is 3. The summed E-state index contributed by atoms with van der Waals surface area (Å²) < 4.78 is 0. The van der Waals surface area contributed by atoms with Gasteiger partial charge in [-0.3, -0.25) is 4.79 Å². The van der Waals surface area contributed by atoms with Crippen LogP contribution in [0.25, 0.3) is 0 Å². The zero-order valence-electron chi connectivity index (χ0n) is 12.7. The Morgan fingerprint density at radius 3 is 2.74 bits per heavy atom. The molecule has 5 nitrogen and oxygen atoms in total. The number of hydrogen-bond acceptors (Lipinski definition) is 4. The number of carbonyl (C=O) groups is 1. The van der Waals surface area contributed by atoms with E-state index in [4.69, 9.17) is 11.6 Å². The number of amides is 1. The van der Waals surface area contributed by atoms with Gasteiger partial charge in [-0.15, -0.1) is 0 Å². The molecule has 0 spiro atoms. The lowest BCUT2D eigenvalue weighted by Crippen LogP contribution is -2.36. The summed E-state index contributed by atoms with van der Waals surface area (Å²) in [5.74, 6) is -0.212. The molecule has 1 amide bonds. The molecule has 1 unspecified atom stereocenters. The lowest BCUT2D eigenvalue weighted by atomic mass is 10.2. The van der Waals surface area contributed by atoms with Gasteiger partial charge in [0.05, 0.1) is 6.21 Å². The van der Waals surface area contributed by atoms with Crippen molar-refractivity contribution in [1.29, 1.82) is 0 Å². The van der Waals surface area contributed by atoms with Gasteiger partial charge in [0.25, 0.3) is 5.91 Å². The Balaban J connectivity index is 1.97. The van der Waals surface area contributed by atoms with Gasteiger partial charge >= 0.3 is 0 Å². The zero-order valence-corrected chi connectivity index (χ0v) is 13.4. The second-order valence-electron chi connectivity index (χ2n) is 4.91. The molecule has 2 aromatic carbocycles. The number of phenols is 1. The molecule has 6 heteroatoms. The van der Waals surface area contributed by atoms with E-state index < -0.39 is 6.04 Å².